The molecule has 0 fully saturated rings. The Morgan fingerprint density at radius 3 is 2.62 bits per heavy atom. The van der Waals surface area contributed by atoms with Crippen molar-refractivity contribution in [1.82, 2.24) is 4.90 Å². The van der Waals surface area contributed by atoms with Crippen molar-refractivity contribution in [3.63, 3.8) is 0 Å². The molecule has 0 saturated carbocycles. The molecule has 0 spiro atoms. The highest BCUT2D eigenvalue weighted by Crippen LogP contribution is 2.07. The van der Waals surface area contributed by atoms with Gasteiger partial charge in [-0.25, -0.2) is 0 Å². The number of nitrogens with zero attached hydrogens (tertiary/aromatic N) is 1. The molecule has 0 heterocycles. The molecule has 1 unspecified atom stereocenters. The highest BCUT2D eigenvalue weighted by atomic mass is 32.2. The van der Waals surface area contributed by atoms with E-state index >= 15 is 0 Å². The molecule has 0 aromatic rings. The fraction of sp³-hybridized carbons (Fsp3) is 0.750. The van der Waals surface area contributed by atoms with Crippen molar-refractivity contribution in [3.8, 4) is 0 Å². The first-order valence-electron chi connectivity index (χ1n) is 5.72. The van der Waals surface area contributed by atoms with E-state index in [1.165, 1.54) is 0 Å². The van der Waals surface area contributed by atoms with E-state index in [2.05, 4.69) is 6.58 Å². The van der Waals surface area contributed by atoms with Crippen molar-refractivity contribution in [2.45, 2.75) is 33.2 Å². The second kappa shape index (κ2) is 8.65. The van der Waals surface area contributed by atoms with Gasteiger partial charge in [-0.2, -0.15) is 11.8 Å². The lowest BCUT2D eigenvalue weighted by atomic mass is 10.3. The lowest BCUT2D eigenvalue weighted by Crippen LogP contribution is -2.33. The van der Waals surface area contributed by atoms with Crippen molar-refractivity contribution >= 4 is 17.7 Å². The zero-order valence-corrected chi connectivity index (χ0v) is 11.5. The van der Waals surface area contributed by atoms with E-state index < -0.39 is 0 Å². The lowest BCUT2D eigenvalue weighted by molar-refractivity contribution is -0.127. The van der Waals surface area contributed by atoms with Crippen molar-refractivity contribution in [2.24, 2.45) is 5.73 Å². The predicted molar refractivity (Wildman–Crippen MR) is 72.7 cm³/mol. The van der Waals surface area contributed by atoms with Gasteiger partial charge in [-0.1, -0.05) is 12.2 Å². The SMILES string of the molecule is C=C(C)CN(CC)C(=O)CSCCC(C)N. The summed E-state index contributed by atoms with van der Waals surface area (Å²) in [5.41, 5.74) is 6.66. The summed E-state index contributed by atoms with van der Waals surface area (Å²) in [5, 5.41) is 0. The van der Waals surface area contributed by atoms with Crippen LogP contribution in [-0.2, 0) is 4.79 Å². The monoisotopic (exact) mass is 244 g/mol. The minimum absolute atomic E-state index is 0.195. The molecule has 0 aromatic carbocycles. The number of carbonyl (C=O) groups is 1. The average molecular weight is 244 g/mol. The molecule has 94 valence electrons. The first-order valence-corrected chi connectivity index (χ1v) is 6.88. The van der Waals surface area contributed by atoms with Gasteiger partial charge in [-0.3, -0.25) is 4.79 Å². The van der Waals surface area contributed by atoms with Crippen LogP contribution < -0.4 is 5.73 Å². The van der Waals surface area contributed by atoms with Gasteiger partial charge in [0.05, 0.1) is 5.75 Å². The number of carbonyl (C=O) groups excluding carboxylic acids is 1. The fourth-order valence-electron chi connectivity index (χ4n) is 1.22. The van der Waals surface area contributed by atoms with Crippen molar-refractivity contribution in [2.75, 3.05) is 24.6 Å². The molecule has 0 aliphatic rings. The van der Waals surface area contributed by atoms with Crippen molar-refractivity contribution < 1.29 is 4.79 Å². The van der Waals surface area contributed by atoms with Crippen LogP contribution in [0.15, 0.2) is 12.2 Å². The summed E-state index contributed by atoms with van der Waals surface area (Å²) in [6.45, 7) is 11.2. The second-order valence-electron chi connectivity index (χ2n) is 4.18. The number of nitrogens with two attached hydrogens (primary N) is 1. The van der Waals surface area contributed by atoms with Crippen LogP contribution in [-0.4, -0.2) is 41.4 Å². The molecule has 0 aliphatic heterocycles. The maximum absolute atomic E-state index is 11.8. The third kappa shape index (κ3) is 7.77. The third-order valence-electron chi connectivity index (χ3n) is 2.14. The van der Waals surface area contributed by atoms with Crippen LogP contribution in [0, 0.1) is 0 Å². The Bertz CT molecular complexity index is 229. The first-order chi connectivity index (χ1) is 7.47. The lowest BCUT2D eigenvalue weighted by Gasteiger charge is -2.20. The van der Waals surface area contributed by atoms with E-state index in [-0.39, 0.29) is 11.9 Å². The van der Waals surface area contributed by atoms with Gasteiger partial charge in [-0.15, -0.1) is 0 Å². The molecule has 0 aromatic heterocycles. The summed E-state index contributed by atoms with van der Waals surface area (Å²) in [6, 6.07) is 0.222. The summed E-state index contributed by atoms with van der Waals surface area (Å²) in [6.07, 6.45) is 0.963. The number of amides is 1. The summed E-state index contributed by atoms with van der Waals surface area (Å²) in [5.74, 6) is 1.70. The quantitative estimate of drug-likeness (QED) is 0.524. The first kappa shape index (κ1) is 15.5. The van der Waals surface area contributed by atoms with Crippen LogP contribution >= 0.6 is 11.8 Å². The van der Waals surface area contributed by atoms with Gasteiger partial charge < -0.3 is 10.6 Å². The molecule has 2 N–H and O–H groups in total. The molecule has 1 atom stereocenters. The molecular weight excluding hydrogens is 220 g/mol. The minimum Gasteiger partial charge on any atom is -0.338 e. The molecule has 0 saturated heterocycles. The zero-order valence-electron chi connectivity index (χ0n) is 10.7. The number of hydrogen-bond donors (Lipinski definition) is 1. The van der Waals surface area contributed by atoms with Crippen LogP contribution in [0.25, 0.3) is 0 Å². The molecular formula is C12H24N2OS. The maximum Gasteiger partial charge on any atom is 0.232 e. The number of likely N-dealkylation sites (N-methyl/N-ethyl adjacent to an activating group) is 1. The van der Waals surface area contributed by atoms with Gasteiger partial charge in [0.25, 0.3) is 0 Å². The van der Waals surface area contributed by atoms with Crippen LogP contribution in [0.5, 0.6) is 0 Å². The van der Waals surface area contributed by atoms with Gasteiger partial charge in [0.1, 0.15) is 0 Å². The van der Waals surface area contributed by atoms with Gasteiger partial charge >= 0.3 is 0 Å². The van der Waals surface area contributed by atoms with Crippen LogP contribution in [0.1, 0.15) is 27.2 Å². The van der Waals surface area contributed by atoms with Crippen molar-refractivity contribution in [3.05, 3.63) is 12.2 Å². The molecule has 1 amide bonds. The average Bonchev–Trinajstić information content (AvgIpc) is 2.20. The Hall–Kier alpha value is -0.480. The fourth-order valence-corrected chi connectivity index (χ4v) is 2.26. The molecule has 16 heavy (non-hydrogen) atoms. The van der Waals surface area contributed by atoms with E-state index in [0.29, 0.717) is 12.3 Å². The minimum atomic E-state index is 0.195. The zero-order chi connectivity index (χ0) is 12.6. The standard InChI is InChI=1S/C12H24N2OS/c1-5-14(8-10(2)3)12(15)9-16-7-6-11(4)13/h11H,2,5-9,13H2,1,3-4H3. The Morgan fingerprint density at radius 1 is 1.56 bits per heavy atom. The molecule has 0 rings (SSSR count). The van der Waals surface area contributed by atoms with Gasteiger partial charge in [0.15, 0.2) is 0 Å². The van der Waals surface area contributed by atoms with Crippen LogP contribution in [0.2, 0.25) is 0 Å². The van der Waals surface area contributed by atoms with E-state index in [4.69, 9.17) is 5.73 Å². The summed E-state index contributed by atoms with van der Waals surface area (Å²) >= 11 is 1.66. The Morgan fingerprint density at radius 2 is 2.19 bits per heavy atom. The maximum atomic E-state index is 11.8. The normalized spacial score (nSPS) is 12.2. The molecule has 0 radical (unpaired) electrons. The largest absolute Gasteiger partial charge is 0.338 e. The van der Waals surface area contributed by atoms with Crippen LogP contribution in [0.4, 0.5) is 0 Å². The summed E-state index contributed by atoms with van der Waals surface area (Å²) < 4.78 is 0. The van der Waals surface area contributed by atoms with E-state index in [0.717, 1.165) is 24.3 Å². The van der Waals surface area contributed by atoms with E-state index in [1.807, 2.05) is 25.7 Å². The van der Waals surface area contributed by atoms with Crippen molar-refractivity contribution in [1.29, 1.82) is 0 Å². The Labute approximate surface area is 103 Å². The molecule has 3 nitrogen and oxygen atoms in total. The van der Waals surface area contributed by atoms with E-state index in [1.54, 1.807) is 11.8 Å². The summed E-state index contributed by atoms with van der Waals surface area (Å²) in [7, 11) is 0. The molecule has 0 aliphatic carbocycles. The topological polar surface area (TPSA) is 46.3 Å². The molecule has 4 heteroatoms. The highest BCUT2D eigenvalue weighted by molar-refractivity contribution is 7.99. The highest BCUT2D eigenvalue weighted by Gasteiger charge is 2.11. The number of thioether (sulfide) groups is 1. The Balaban J connectivity index is 3.80. The van der Waals surface area contributed by atoms with E-state index in [9.17, 15) is 4.79 Å². The number of rotatable bonds is 8. The second-order valence-corrected chi connectivity index (χ2v) is 5.29. The van der Waals surface area contributed by atoms with Gasteiger partial charge in [-0.05, 0) is 32.9 Å². The third-order valence-corrected chi connectivity index (χ3v) is 3.11. The van der Waals surface area contributed by atoms with Gasteiger partial charge in [0.2, 0.25) is 5.91 Å². The number of hydrogen-bond acceptors (Lipinski definition) is 3. The molecule has 0 bridgehead atoms. The van der Waals surface area contributed by atoms with Gasteiger partial charge in [0, 0.05) is 19.1 Å². The smallest absolute Gasteiger partial charge is 0.232 e. The summed E-state index contributed by atoms with van der Waals surface area (Å²) in [4.78, 5) is 13.6. The predicted octanol–water partition coefficient (Wildman–Crippen LogP) is 1.88. The van der Waals surface area contributed by atoms with Crippen LogP contribution in [0.3, 0.4) is 0 Å². The Kier molecular flexibility index (Phi) is 8.39.